The van der Waals surface area contributed by atoms with Crippen LogP contribution in [0.4, 0.5) is 0 Å². The van der Waals surface area contributed by atoms with Gasteiger partial charge in [0.15, 0.2) is 5.96 Å². The van der Waals surface area contributed by atoms with Gasteiger partial charge in [0.05, 0.1) is 0 Å². The number of halogens is 1. The van der Waals surface area contributed by atoms with Gasteiger partial charge in [0, 0.05) is 32.8 Å². The maximum absolute atomic E-state index is 5.60. The lowest BCUT2D eigenvalue weighted by atomic mass is 10.0. The number of nitrogens with zero attached hydrogens (tertiary/aromatic N) is 1. The molecule has 0 aromatic carbocycles. The van der Waals surface area contributed by atoms with Gasteiger partial charge >= 0.3 is 0 Å². The normalized spacial score (nSPS) is 19.7. The molecule has 0 saturated heterocycles. The molecule has 0 spiro atoms. The predicted octanol–water partition coefficient (Wildman–Crippen LogP) is 3.41. The van der Waals surface area contributed by atoms with Crippen molar-refractivity contribution in [1.82, 2.24) is 10.6 Å². The van der Waals surface area contributed by atoms with Crippen LogP contribution in [0, 0.1) is 17.3 Å². The van der Waals surface area contributed by atoms with E-state index in [1.165, 1.54) is 25.7 Å². The lowest BCUT2D eigenvalue weighted by Crippen LogP contribution is -2.38. The van der Waals surface area contributed by atoms with Crippen LogP contribution in [-0.4, -0.2) is 38.8 Å². The van der Waals surface area contributed by atoms with E-state index in [0.717, 1.165) is 51.1 Å². The topological polar surface area (TPSA) is 45.7 Å². The Morgan fingerprint density at radius 2 is 2.00 bits per heavy atom. The van der Waals surface area contributed by atoms with Crippen LogP contribution in [0.25, 0.3) is 0 Å². The molecule has 0 amide bonds. The Morgan fingerprint density at radius 1 is 1.27 bits per heavy atom. The zero-order valence-corrected chi connectivity index (χ0v) is 16.8. The molecule has 2 N–H and O–H groups in total. The first-order valence-electron chi connectivity index (χ1n) is 8.76. The van der Waals surface area contributed by atoms with Crippen LogP contribution in [0.3, 0.4) is 0 Å². The largest absolute Gasteiger partial charge is 0.381 e. The van der Waals surface area contributed by atoms with Gasteiger partial charge in [-0.15, -0.1) is 24.0 Å². The van der Waals surface area contributed by atoms with Crippen molar-refractivity contribution in [3.63, 3.8) is 0 Å². The fourth-order valence-corrected chi connectivity index (χ4v) is 2.83. The molecular weight excluding hydrogens is 389 g/mol. The van der Waals surface area contributed by atoms with Gasteiger partial charge in [-0.05, 0) is 56.3 Å². The minimum Gasteiger partial charge on any atom is -0.381 e. The molecule has 2 saturated carbocycles. The van der Waals surface area contributed by atoms with Crippen LogP contribution in [0.5, 0.6) is 0 Å². The highest BCUT2D eigenvalue weighted by Gasteiger charge is 2.53. The zero-order valence-electron chi connectivity index (χ0n) is 14.5. The molecule has 2 aliphatic carbocycles. The number of ether oxygens (including phenoxy) is 1. The molecule has 0 atom stereocenters. The minimum atomic E-state index is 0. The highest BCUT2D eigenvalue weighted by molar-refractivity contribution is 14.0. The molecule has 0 heterocycles. The Morgan fingerprint density at radius 3 is 2.55 bits per heavy atom. The van der Waals surface area contributed by atoms with Crippen molar-refractivity contribution in [3.05, 3.63) is 0 Å². The minimum absolute atomic E-state index is 0. The third kappa shape index (κ3) is 7.02. The highest BCUT2D eigenvalue weighted by Crippen LogP contribution is 2.61. The smallest absolute Gasteiger partial charge is 0.191 e. The van der Waals surface area contributed by atoms with Gasteiger partial charge < -0.3 is 15.4 Å². The average molecular weight is 423 g/mol. The van der Waals surface area contributed by atoms with E-state index in [2.05, 4.69) is 31.4 Å². The third-order valence-corrected chi connectivity index (χ3v) is 4.44. The molecule has 0 aliphatic heterocycles. The van der Waals surface area contributed by atoms with Crippen molar-refractivity contribution in [2.24, 2.45) is 22.2 Å². The first-order valence-corrected chi connectivity index (χ1v) is 8.76. The van der Waals surface area contributed by atoms with E-state index in [4.69, 9.17) is 9.73 Å². The Hall–Kier alpha value is -0.0400. The van der Waals surface area contributed by atoms with Crippen molar-refractivity contribution in [2.45, 2.75) is 52.9 Å². The molecule has 2 aliphatic rings. The maximum Gasteiger partial charge on any atom is 0.191 e. The van der Waals surface area contributed by atoms with Crippen LogP contribution in [0.1, 0.15) is 52.9 Å². The summed E-state index contributed by atoms with van der Waals surface area (Å²) < 4.78 is 5.60. The highest BCUT2D eigenvalue weighted by atomic mass is 127. The third-order valence-electron chi connectivity index (χ3n) is 4.44. The van der Waals surface area contributed by atoms with Gasteiger partial charge in [-0.3, -0.25) is 4.99 Å². The number of rotatable bonds is 10. The Bertz CT molecular complexity index is 339. The molecule has 22 heavy (non-hydrogen) atoms. The Labute approximate surface area is 153 Å². The number of nitrogens with one attached hydrogen (secondary N) is 2. The van der Waals surface area contributed by atoms with E-state index in [9.17, 15) is 0 Å². The van der Waals surface area contributed by atoms with Gasteiger partial charge in [0.2, 0.25) is 0 Å². The summed E-state index contributed by atoms with van der Waals surface area (Å²) in [5.41, 5.74) is 0.586. The second-order valence-electron chi connectivity index (χ2n) is 7.08. The van der Waals surface area contributed by atoms with E-state index in [0.29, 0.717) is 11.3 Å². The predicted molar refractivity (Wildman–Crippen MR) is 104 cm³/mol. The molecular formula is C17H34IN3O. The van der Waals surface area contributed by atoms with Gasteiger partial charge in [0.1, 0.15) is 0 Å². The van der Waals surface area contributed by atoms with Crippen LogP contribution < -0.4 is 10.6 Å². The molecule has 0 unspecified atom stereocenters. The number of hydrogen-bond donors (Lipinski definition) is 2. The van der Waals surface area contributed by atoms with Crippen LogP contribution in [0.2, 0.25) is 0 Å². The summed E-state index contributed by atoms with van der Waals surface area (Å²) >= 11 is 0. The quantitative estimate of drug-likeness (QED) is 0.245. The molecule has 0 radical (unpaired) electrons. The summed E-state index contributed by atoms with van der Waals surface area (Å²) in [6.45, 7) is 11.0. The molecule has 0 bridgehead atoms. The maximum atomic E-state index is 5.60. The van der Waals surface area contributed by atoms with Crippen molar-refractivity contribution in [3.8, 4) is 0 Å². The van der Waals surface area contributed by atoms with E-state index >= 15 is 0 Å². The first-order chi connectivity index (χ1) is 10.2. The van der Waals surface area contributed by atoms with Gasteiger partial charge in [-0.25, -0.2) is 0 Å². The summed E-state index contributed by atoms with van der Waals surface area (Å²) in [4.78, 5) is 4.81. The number of aliphatic imine (C=N–C) groups is 1. The van der Waals surface area contributed by atoms with E-state index in [1.54, 1.807) is 0 Å². The SMILES string of the molecule is CCNC(=NCC1(C2CC2)CC1)NCCCOCC(C)C.I. The summed E-state index contributed by atoms with van der Waals surface area (Å²) in [5.74, 6) is 2.58. The molecule has 2 fully saturated rings. The van der Waals surface area contributed by atoms with Crippen molar-refractivity contribution >= 4 is 29.9 Å². The number of hydrogen-bond acceptors (Lipinski definition) is 2. The molecule has 130 valence electrons. The zero-order chi connectivity index (χ0) is 15.1. The van der Waals surface area contributed by atoms with Crippen molar-refractivity contribution in [1.29, 1.82) is 0 Å². The van der Waals surface area contributed by atoms with E-state index < -0.39 is 0 Å². The Kier molecular flexibility index (Phi) is 9.05. The fourth-order valence-electron chi connectivity index (χ4n) is 2.83. The lowest BCUT2D eigenvalue weighted by Gasteiger charge is -2.15. The average Bonchev–Trinajstić information content (AvgIpc) is 3.31. The molecule has 0 aromatic heterocycles. The molecule has 2 rings (SSSR count). The standard InChI is InChI=1S/C17H33N3O.HI/c1-4-18-16(19-10-5-11-21-12-14(2)3)20-13-17(8-9-17)15-6-7-15;/h14-15H,4-13H2,1-3H3,(H2,18,19,20);1H. The van der Waals surface area contributed by atoms with Crippen LogP contribution >= 0.6 is 24.0 Å². The summed E-state index contributed by atoms with van der Waals surface area (Å²) in [7, 11) is 0. The van der Waals surface area contributed by atoms with Gasteiger partial charge in [-0.2, -0.15) is 0 Å². The summed E-state index contributed by atoms with van der Waals surface area (Å²) in [6, 6.07) is 0. The van der Waals surface area contributed by atoms with Crippen molar-refractivity contribution < 1.29 is 4.74 Å². The Balaban J connectivity index is 0.00000242. The first kappa shape index (κ1) is 20.0. The second kappa shape index (κ2) is 9.96. The van der Waals surface area contributed by atoms with Crippen molar-refractivity contribution in [2.75, 3.05) is 32.8 Å². The molecule has 5 heteroatoms. The summed E-state index contributed by atoms with van der Waals surface area (Å²) in [6.07, 6.45) is 6.69. The monoisotopic (exact) mass is 423 g/mol. The molecule has 0 aromatic rings. The van der Waals surface area contributed by atoms with E-state index in [1.807, 2.05) is 0 Å². The summed E-state index contributed by atoms with van der Waals surface area (Å²) in [5, 5.41) is 6.78. The molecule has 4 nitrogen and oxygen atoms in total. The second-order valence-corrected chi connectivity index (χ2v) is 7.08. The van der Waals surface area contributed by atoms with E-state index in [-0.39, 0.29) is 24.0 Å². The fraction of sp³-hybridized carbons (Fsp3) is 0.941. The van der Waals surface area contributed by atoms with Gasteiger partial charge in [-0.1, -0.05) is 13.8 Å². The van der Waals surface area contributed by atoms with Crippen LogP contribution in [-0.2, 0) is 4.74 Å². The van der Waals surface area contributed by atoms with Crippen LogP contribution in [0.15, 0.2) is 4.99 Å². The number of guanidine groups is 1. The van der Waals surface area contributed by atoms with Gasteiger partial charge in [0.25, 0.3) is 0 Å². The lowest BCUT2D eigenvalue weighted by molar-refractivity contribution is 0.108.